The fraction of sp³-hybridized carbons (Fsp3) is 0.250. The number of pyridine rings is 1. The average molecular weight is 350 g/mol. The van der Waals surface area contributed by atoms with Crippen molar-refractivity contribution in [3.63, 3.8) is 0 Å². The minimum Gasteiger partial charge on any atom is -0.362 e. The zero-order valence-corrected chi connectivity index (χ0v) is 15.5. The molecular weight excluding hydrogens is 328 g/mol. The molecule has 0 radical (unpaired) electrons. The van der Waals surface area contributed by atoms with Crippen LogP contribution in [0, 0.1) is 11.3 Å². The molecule has 2 rings (SSSR count). The van der Waals surface area contributed by atoms with E-state index in [2.05, 4.69) is 34.6 Å². The van der Waals surface area contributed by atoms with Crippen LogP contribution in [0.1, 0.15) is 25.1 Å². The topological polar surface area (TPSA) is 52.3 Å². The maximum Gasteiger partial charge on any atom is 0.0991 e. The summed E-state index contributed by atoms with van der Waals surface area (Å²) in [4.78, 5) is 11.8. The number of nitriles is 1. The van der Waals surface area contributed by atoms with Crippen LogP contribution in [0.3, 0.4) is 0 Å². The molecule has 0 aliphatic carbocycles. The highest BCUT2D eigenvalue weighted by molar-refractivity contribution is 8.03. The van der Waals surface area contributed by atoms with Crippen molar-refractivity contribution >= 4 is 24.2 Å². The molecule has 25 heavy (non-hydrogen) atoms. The molecule has 0 aliphatic rings. The van der Waals surface area contributed by atoms with Crippen LogP contribution in [0.25, 0.3) is 0 Å². The summed E-state index contributed by atoms with van der Waals surface area (Å²) in [5.74, 6) is 0.803. The Morgan fingerprint density at radius 2 is 2.00 bits per heavy atom. The van der Waals surface area contributed by atoms with E-state index in [1.54, 1.807) is 11.8 Å². The predicted molar refractivity (Wildman–Crippen MR) is 107 cm³/mol. The molecule has 2 aromatic rings. The van der Waals surface area contributed by atoms with E-state index in [1.807, 2.05) is 55.6 Å². The van der Waals surface area contributed by atoms with E-state index in [4.69, 9.17) is 5.26 Å². The maximum atomic E-state index is 8.99. The highest BCUT2D eigenvalue weighted by atomic mass is 32.2. The molecule has 4 nitrogen and oxygen atoms in total. The number of hydrogen-bond acceptors (Lipinski definition) is 5. The number of thioether (sulfide) groups is 1. The Morgan fingerprint density at radius 1 is 1.24 bits per heavy atom. The van der Waals surface area contributed by atoms with Gasteiger partial charge in [-0.15, -0.1) is 11.8 Å². The minimum atomic E-state index is 0.670. The van der Waals surface area contributed by atoms with Gasteiger partial charge in [-0.25, -0.2) is 0 Å². The molecular formula is C20H22N4S. The van der Waals surface area contributed by atoms with Crippen LogP contribution in [0.5, 0.6) is 0 Å². The molecule has 0 aliphatic heterocycles. The van der Waals surface area contributed by atoms with Crippen molar-refractivity contribution in [2.75, 3.05) is 17.3 Å². The van der Waals surface area contributed by atoms with Gasteiger partial charge in [0.2, 0.25) is 0 Å². The van der Waals surface area contributed by atoms with Crippen LogP contribution in [-0.2, 0) is 6.42 Å². The van der Waals surface area contributed by atoms with Gasteiger partial charge in [0.05, 0.1) is 17.5 Å². The van der Waals surface area contributed by atoms with Crippen LogP contribution in [-0.4, -0.2) is 24.1 Å². The smallest absolute Gasteiger partial charge is 0.0991 e. The number of rotatable bonds is 8. The molecule has 0 bridgehead atoms. The van der Waals surface area contributed by atoms with Crippen molar-refractivity contribution < 1.29 is 0 Å². The van der Waals surface area contributed by atoms with E-state index in [-0.39, 0.29) is 0 Å². The monoisotopic (exact) mass is 350 g/mol. The molecule has 0 atom stereocenters. The third-order valence-corrected chi connectivity index (χ3v) is 5.08. The Labute approximate surface area is 153 Å². The second-order valence-corrected chi connectivity index (χ2v) is 6.73. The molecule has 0 unspecified atom stereocenters. The molecule has 0 N–H and O–H groups in total. The molecule has 1 aromatic heterocycles. The number of aromatic nitrogens is 1. The van der Waals surface area contributed by atoms with Crippen LogP contribution >= 0.6 is 11.8 Å². The summed E-state index contributed by atoms with van der Waals surface area (Å²) >= 11 is 1.74. The first-order valence-corrected chi connectivity index (χ1v) is 9.04. The van der Waals surface area contributed by atoms with E-state index in [0.29, 0.717) is 5.56 Å². The number of hydrogen-bond donors (Lipinski definition) is 0. The quantitative estimate of drug-likeness (QED) is 0.514. The summed E-state index contributed by atoms with van der Waals surface area (Å²) in [5.41, 5.74) is 3.79. The molecule has 0 saturated heterocycles. The van der Waals surface area contributed by atoms with E-state index < -0.39 is 0 Å². The number of nitrogens with zero attached hydrogens (tertiary/aromatic N) is 4. The van der Waals surface area contributed by atoms with Gasteiger partial charge in [0.15, 0.2) is 0 Å². The fourth-order valence-electron chi connectivity index (χ4n) is 2.20. The van der Waals surface area contributed by atoms with Crippen molar-refractivity contribution in [2.45, 2.75) is 20.3 Å². The minimum absolute atomic E-state index is 0.670. The zero-order chi connectivity index (χ0) is 18.1. The Kier molecular flexibility index (Phi) is 7.24. The van der Waals surface area contributed by atoms with Crippen LogP contribution in [0.15, 0.2) is 64.3 Å². The lowest BCUT2D eigenvalue weighted by Crippen LogP contribution is -2.25. The summed E-state index contributed by atoms with van der Waals surface area (Å²) in [6.07, 6.45) is 2.69. The largest absolute Gasteiger partial charge is 0.362 e. The van der Waals surface area contributed by atoms with Crippen LogP contribution in [0.4, 0.5) is 5.69 Å². The van der Waals surface area contributed by atoms with Crippen molar-refractivity contribution in [1.82, 2.24) is 4.98 Å². The van der Waals surface area contributed by atoms with Gasteiger partial charge in [-0.3, -0.25) is 9.98 Å². The van der Waals surface area contributed by atoms with Gasteiger partial charge in [0.25, 0.3) is 0 Å². The molecule has 0 amide bonds. The Balaban J connectivity index is 2.12. The van der Waals surface area contributed by atoms with Gasteiger partial charge in [-0.2, -0.15) is 5.26 Å². The number of allylic oxidation sites excluding steroid dienone is 2. The van der Waals surface area contributed by atoms with Crippen molar-refractivity contribution in [2.24, 2.45) is 4.99 Å². The Hall–Kier alpha value is -2.58. The third kappa shape index (κ3) is 5.77. The molecule has 0 fully saturated rings. The van der Waals surface area contributed by atoms with E-state index in [1.165, 1.54) is 0 Å². The first-order valence-electron chi connectivity index (χ1n) is 8.06. The average Bonchev–Trinajstić information content (AvgIpc) is 2.68. The molecule has 128 valence electrons. The molecule has 1 heterocycles. The summed E-state index contributed by atoms with van der Waals surface area (Å²) in [6, 6.07) is 15.8. The Morgan fingerprint density at radius 3 is 2.60 bits per heavy atom. The van der Waals surface area contributed by atoms with Gasteiger partial charge in [-0.05, 0) is 57.0 Å². The first kappa shape index (κ1) is 18.8. The normalized spacial score (nSPS) is 11.4. The molecule has 1 aromatic carbocycles. The lowest BCUT2D eigenvalue weighted by Gasteiger charge is -2.25. The maximum absolute atomic E-state index is 8.99. The Bertz CT molecular complexity index is 761. The van der Waals surface area contributed by atoms with Crippen LogP contribution in [0.2, 0.25) is 0 Å². The van der Waals surface area contributed by atoms with Gasteiger partial charge in [-0.1, -0.05) is 6.07 Å². The molecule has 0 saturated carbocycles. The van der Waals surface area contributed by atoms with Gasteiger partial charge in [0, 0.05) is 41.1 Å². The number of aliphatic imine (C=N–C) groups is 1. The van der Waals surface area contributed by atoms with Gasteiger partial charge in [0.1, 0.15) is 0 Å². The highest BCUT2D eigenvalue weighted by Gasteiger charge is 2.09. The molecule has 0 spiro atoms. The van der Waals surface area contributed by atoms with E-state index >= 15 is 0 Å². The van der Waals surface area contributed by atoms with Gasteiger partial charge < -0.3 is 4.90 Å². The molecule has 5 heteroatoms. The lowest BCUT2D eigenvalue weighted by atomic mass is 10.2. The standard InChI is InChI=1S/C20H22N4S/c1-16(22-3)17(2)25-15-24(13-11-19-6-4-5-12-23-19)20-9-7-18(14-21)8-10-20/h4-10,12H,3,11,13,15H2,1-2H3/b17-16-. The summed E-state index contributed by atoms with van der Waals surface area (Å²) in [5, 5.41) is 8.99. The summed E-state index contributed by atoms with van der Waals surface area (Å²) in [7, 11) is 0. The predicted octanol–water partition coefficient (Wildman–Crippen LogP) is 4.65. The second kappa shape index (κ2) is 9.65. The van der Waals surface area contributed by atoms with Crippen LogP contribution < -0.4 is 4.90 Å². The highest BCUT2D eigenvalue weighted by Crippen LogP contribution is 2.24. The zero-order valence-electron chi connectivity index (χ0n) is 14.6. The number of benzene rings is 1. The SMILES string of the molecule is C=N/C(C)=C(/C)SCN(CCc1ccccn1)c1ccc(C#N)cc1. The van der Waals surface area contributed by atoms with Crippen molar-refractivity contribution in [3.8, 4) is 6.07 Å². The summed E-state index contributed by atoms with van der Waals surface area (Å²) < 4.78 is 0. The van der Waals surface area contributed by atoms with Crippen molar-refractivity contribution in [1.29, 1.82) is 5.26 Å². The second-order valence-electron chi connectivity index (χ2n) is 5.57. The first-order chi connectivity index (χ1) is 12.1. The van der Waals surface area contributed by atoms with E-state index in [9.17, 15) is 0 Å². The van der Waals surface area contributed by atoms with Crippen molar-refractivity contribution in [3.05, 3.63) is 70.5 Å². The summed E-state index contributed by atoms with van der Waals surface area (Å²) in [6.45, 7) is 8.47. The van der Waals surface area contributed by atoms with E-state index in [0.717, 1.165) is 40.8 Å². The fourth-order valence-corrected chi connectivity index (χ4v) is 3.10. The third-order valence-electron chi connectivity index (χ3n) is 3.91. The lowest BCUT2D eigenvalue weighted by molar-refractivity contribution is 0.841. The number of anilines is 1. The van der Waals surface area contributed by atoms with Gasteiger partial charge >= 0.3 is 0 Å².